The second-order valence-corrected chi connectivity index (χ2v) is 7.39. The van der Waals surface area contributed by atoms with Crippen LogP contribution in [0.5, 0.6) is 0 Å². The molecule has 0 aromatic heterocycles. The Kier molecular flexibility index (Phi) is 4.89. The maximum atomic E-state index is 12.8. The maximum Gasteiger partial charge on any atom is 0.244 e. The van der Waals surface area contributed by atoms with E-state index in [2.05, 4.69) is 0 Å². The molecule has 2 atom stereocenters. The Morgan fingerprint density at radius 3 is 2.81 bits per heavy atom. The molecule has 0 aliphatic carbocycles. The van der Waals surface area contributed by atoms with E-state index >= 15 is 0 Å². The first-order valence-electron chi connectivity index (χ1n) is 6.73. The van der Waals surface area contributed by atoms with Gasteiger partial charge in [-0.3, -0.25) is 0 Å². The summed E-state index contributed by atoms with van der Waals surface area (Å²) >= 11 is 5.82. The van der Waals surface area contributed by atoms with E-state index in [1.165, 1.54) is 22.5 Å². The second kappa shape index (κ2) is 6.32. The molecule has 5 nitrogen and oxygen atoms in total. The largest absolute Gasteiger partial charge is 0.373 e. The summed E-state index contributed by atoms with van der Waals surface area (Å²) in [5, 5.41) is 9.48. The van der Waals surface area contributed by atoms with Crippen LogP contribution in [-0.2, 0) is 14.8 Å². The van der Waals surface area contributed by atoms with Crippen LogP contribution in [0.3, 0.4) is 0 Å². The van der Waals surface area contributed by atoms with Gasteiger partial charge in [0, 0.05) is 18.1 Å². The number of nitrogens with zero attached hydrogens (tertiary/aromatic N) is 2. The molecule has 0 radical (unpaired) electrons. The minimum absolute atomic E-state index is 0.00152. The van der Waals surface area contributed by atoms with Crippen LogP contribution in [0, 0.1) is 11.3 Å². The number of nitriles is 1. The molecule has 0 N–H and O–H groups in total. The quantitative estimate of drug-likeness (QED) is 0.854. The van der Waals surface area contributed by atoms with Crippen molar-refractivity contribution in [1.29, 1.82) is 5.26 Å². The molecule has 0 amide bonds. The van der Waals surface area contributed by atoms with Gasteiger partial charge in [-0.2, -0.15) is 9.57 Å². The first-order chi connectivity index (χ1) is 9.88. The van der Waals surface area contributed by atoms with Gasteiger partial charge in [0.25, 0.3) is 0 Å². The average molecular weight is 329 g/mol. The fraction of sp³-hybridized carbons (Fsp3) is 0.500. The molecule has 21 heavy (non-hydrogen) atoms. The third-order valence-corrected chi connectivity index (χ3v) is 5.55. The molecule has 1 aliphatic heterocycles. The van der Waals surface area contributed by atoms with Crippen molar-refractivity contribution in [2.45, 2.75) is 37.4 Å². The standard InChI is InChI=1S/C14H17ClN2O3S/c1-3-13-9-17(8-10(2)20-13)21(18,19)14-5-4-12(15)6-11(14)7-16/h4-6,10,13H,3,8-9H2,1-2H3/t10-,13-/m1/s1. The highest BCUT2D eigenvalue weighted by Crippen LogP contribution is 2.26. The first-order valence-corrected chi connectivity index (χ1v) is 8.55. The van der Waals surface area contributed by atoms with Gasteiger partial charge < -0.3 is 4.74 Å². The summed E-state index contributed by atoms with van der Waals surface area (Å²) in [6.07, 6.45) is 0.444. The van der Waals surface area contributed by atoms with Gasteiger partial charge in [0.15, 0.2) is 0 Å². The number of ether oxygens (including phenoxy) is 1. The number of benzene rings is 1. The Balaban J connectivity index is 2.40. The molecule has 1 aliphatic rings. The van der Waals surface area contributed by atoms with Crippen molar-refractivity contribution >= 4 is 21.6 Å². The van der Waals surface area contributed by atoms with E-state index in [-0.39, 0.29) is 29.2 Å². The van der Waals surface area contributed by atoms with E-state index in [0.29, 0.717) is 11.6 Å². The minimum atomic E-state index is -3.73. The lowest BCUT2D eigenvalue weighted by Crippen LogP contribution is -2.48. The molecule has 1 heterocycles. The summed E-state index contributed by atoms with van der Waals surface area (Å²) in [4.78, 5) is -0.00152. The van der Waals surface area contributed by atoms with Crippen molar-refractivity contribution in [3.8, 4) is 6.07 Å². The lowest BCUT2D eigenvalue weighted by Gasteiger charge is -2.35. The first kappa shape index (κ1) is 16.2. The Bertz CT molecular complexity index is 669. The zero-order chi connectivity index (χ0) is 15.6. The normalized spacial score (nSPS) is 23.7. The topological polar surface area (TPSA) is 70.4 Å². The van der Waals surface area contributed by atoms with Crippen LogP contribution in [0.1, 0.15) is 25.8 Å². The van der Waals surface area contributed by atoms with Gasteiger partial charge in [-0.25, -0.2) is 8.42 Å². The Labute approximate surface area is 130 Å². The number of rotatable bonds is 3. The molecule has 1 aromatic carbocycles. The molecule has 2 rings (SSSR count). The second-order valence-electron chi connectivity index (χ2n) is 5.05. The lowest BCUT2D eigenvalue weighted by atomic mass is 10.2. The highest BCUT2D eigenvalue weighted by Gasteiger charge is 2.34. The van der Waals surface area contributed by atoms with Crippen LogP contribution < -0.4 is 0 Å². The van der Waals surface area contributed by atoms with Gasteiger partial charge >= 0.3 is 0 Å². The highest BCUT2D eigenvalue weighted by molar-refractivity contribution is 7.89. The zero-order valence-corrected chi connectivity index (χ0v) is 13.5. The van der Waals surface area contributed by atoms with Gasteiger partial charge in [0.2, 0.25) is 10.0 Å². The van der Waals surface area contributed by atoms with Gasteiger partial charge in [-0.15, -0.1) is 0 Å². The molecule has 1 aromatic rings. The van der Waals surface area contributed by atoms with E-state index < -0.39 is 10.0 Å². The van der Waals surface area contributed by atoms with Gasteiger partial charge in [0.05, 0.1) is 17.8 Å². The van der Waals surface area contributed by atoms with Crippen LogP contribution in [0.25, 0.3) is 0 Å². The molecule has 1 saturated heterocycles. The van der Waals surface area contributed by atoms with Crippen molar-refractivity contribution < 1.29 is 13.2 Å². The number of hydrogen-bond donors (Lipinski definition) is 0. The van der Waals surface area contributed by atoms with Gasteiger partial charge in [0.1, 0.15) is 11.0 Å². The smallest absolute Gasteiger partial charge is 0.244 e. The van der Waals surface area contributed by atoms with E-state index in [1.54, 1.807) is 0 Å². The fourth-order valence-corrected chi connectivity index (χ4v) is 4.22. The van der Waals surface area contributed by atoms with Crippen LogP contribution in [0.2, 0.25) is 5.02 Å². The molecule has 0 unspecified atom stereocenters. The van der Waals surface area contributed by atoms with E-state index in [1.807, 2.05) is 19.9 Å². The van der Waals surface area contributed by atoms with Crippen LogP contribution >= 0.6 is 11.6 Å². The van der Waals surface area contributed by atoms with Crippen molar-refractivity contribution in [2.75, 3.05) is 13.1 Å². The molecule has 114 valence electrons. The molecule has 7 heteroatoms. The SMILES string of the molecule is CC[C@@H]1CN(S(=O)(=O)c2ccc(Cl)cc2C#N)C[C@@H](C)O1. The molecular weight excluding hydrogens is 312 g/mol. The van der Waals surface area contributed by atoms with Crippen LogP contribution in [0.4, 0.5) is 0 Å². The van der Waals surface area contributed by atoms with E-state index in [4.69, 9.17) is 21.6 Å². The van der Waals surface area contributed by atoms with Crippen molar-refractivity contribution in [1.82, 2.24) is 4.31 Å². The molecule has 0 spiro atoms. The monoisotopic (exact) mass is 328 g/mol. The Hall–Kier alpha value is -1.13. The van der Waals surface area contributed by atoms with Crippen LogP contribution in [-0.4, -0.2) is 38.0 Å². The molecular formula is C14H17ClN2O3S. The van der Waals surface area contributed by atoms with Crippen molar-refractivity contribution in [3.63, 3.8) is 0 Å². The number of morpholine rings is 1. The minimum Gasteiger partial charge on any atom is -0.373 e. The molecule has 1 fully saturated rings. The molecule has 0 bridgehead atoms. The Morgan fingerprint density at radius 2 is 2.19 bits per heavy atom. The van der Waals surface area contributed by atoms with E-state index in [0.717, 1.165) is 6.42 Å². The number of hydrogen-bond acceptors (Lipinski definition) is 4. The summed E-state index contributed by atoms with van der Waals surface area (Å²) in [5.41, 5.74) is 0.0645. The third-order valence-electron chi connectivity index (χ3n) is 3.43. The lowest BCUT2D eigenvalue weighted by molar-refractivity contribution is -0.0547. The van der Waals surface area contributed by atoms with Crippen molar-refractivity contribution in [3.05, 3.63) is 28.8 Å². The van der Waals surface area contributed by atoms with E-state index in [9.17, 15) is 8.42 Å². The predicted molar refractivity (Wildman–Crippen MR) is 79.6 cm³/mol. The fourth-order valence-electron chi connectivity index (χ4n) is 2.38. The molecule has 0 saturated carbocycles. The maximum absolute atomic E-state index is 12.8. The summed E-state index contributed by atoms with van der Waals surface area (Å²) in [5.74, 6) is 0. The number of halogens is 1. The summed E-state index contributed by atoms with van der Waals surface area (Å²) < 4.78 is 32.6. The summed E-state index contributed by atoms with van der Waals surface area (Å²) in [6.45, 7) is 4.39. The average Bonchev–Trinajstić information content (AvgIpc) is 2.46. The highest BCUT2D eigenvalue weighted by atomic mass is 35.5. The predicted octanol–water partition coefficient (Wildman–Crippen LogP) is 2.40. The number of sulfonamides is 1. The van der Waals surface area contributed by atoms with Gasteiger partial charge in [-0.1, -0.05) is 18.5 Å². The van der Waals surface area contributed by atoms with Gasteiger partial charge in [-0.05, 0) is 31.5 Å². The third kappa shape index (κ3) is 3.38. The summed E-state index contributed by atoms with van der Waals surface area (Å²) in [7, 11) is -3.73. The van der Waals surface area contributed by atoms with Crippen molar-refractivity contribution in [2.24, 2.45) is 0 Å². The van der Waals surface area contributed by atoms with Crippen LogP contribution in [0.15, 0.2) is 23.1 Å². The Morgan fingerprint density at radius 1 is 1.48 bits per heavy atom. The summed E-state index contributed by atoms with van der Waals surface area (Å²) in [6, 6.07) is 6.14. The zero-order valence-electron chi connectivity index (χ0n) is 11.9.